The van der Waals surface area contributed by atoms with E-state index in [0.717, 1.165) is 49.5 Å². The average Bonchev–Trinajstić information content (AvgIpc) is 3.59. The largest absolute Gasteiger partial charge is 0.769 e. The zero-order valence-electron chi connectivity index (χ0n) is 33.4. The number of ether oxygens (including phenoxy) is 1. The maximum Gasteiger partial charge on any atom is 0.171 e. The van der Waals surface area contributed by atoms with Crippen LogP contribution in [-0.4, -0.2) is 36.3 Å². The van der Waals surface area contributed by atoms with Crippen molar-refractivity contribution in [3.05, 3.63) is 62.8 Å². The van der Waals surface area contributed by atoms with Gasteiger partial charge in [-0.05, 0) is 65.8 Å². The van der Waals surface area contributed by atoms with Crippen LogP contribution in [0.2, 0.25) is 0 Å². The number of nitrogens with zero attached hydrogens (tertiary/aromatic N) is 3. The Balaban J connectivity index is 0.000000255. The first-order valence-electron chi connectivity index (χ1n) is 19.8. The summed E-state index contributed by atoms with van der Waals surface area (Å²) in [6.45, 7) is 14.5. The Hall–Kier alpha value is -0.941. The number of rotatable bonds is 3. The van der Waals surface area contributed by atoms with Gasteiger partial charge in [-0.1, -0.05) is 85.6 Å². The van der Waals surface area contributed by atoms with Gasteiger partial charge in [0, 0.05) is 43.8 Å². The molecule has 5 heterocycles. The third kappa shape index (κ3) is 7.87. The summed E-state index contributed by atoms with van der Waals surface area (Å²) in [7, 11) is 0. The van der Waals surface area contributed by atoms with E-state index in [0.29, 0.717) is 24.8 Å². The molecule has 7 rings (SSSR count). The molecule has 5 unspecified atom stereocenters. The van der Waals surface area contributed by atoms with Crippen LogP contribution in [0, 0.1) is 59.3 Å². The molecule has 4 nitrogen and oxygen atoms in total. The average molecular weight is 813 g/mol. The molecule has 2 aliphatic carbocycles. The molecule has 45 heavy (non-hydrogen) atoms. The third-order valence-electron chi connectivity index (χ3n) is 10.7. The number of allylic oxidation sites excluding steroid dienone is 4. The van der Waals surface area contributed by atoms with Crippen molar-refractivity contribution in [3.8, 4) is 0 Å². The minimum atomic E-state index is -2.16. The molecule has 10 atom stereocenters. The van der Waals surface area contributed by atoms with E-state index in [1.54, 1.807) is 0 Å². The van der Waals surface area contributed by atoms with Crippen LogP contribution in [0.15, 0.2) is 44.7 Å². The van der Waals surface area contributed by atoms with Gasteiger partial charge in [0.15, 0.2) is 6.23 Å². The fourth-order valence-corrected chi connectivity index (χ4v) is 9.42. The first-order chi connectivity index (χ1) is 23.0. The monoisotopic (exact) mass is 813 g/mol. The Kier molecular flexibility index (Phi) is 9.46. The normalized spacial score (nSPS) is 41.3. The standard InChI is InChI=1S/C25H36N2OS.C14H21N.Ir/c1-14-9-10-17-16-7-6-8-18(23(16)28-24(17)27-14)22-21-19(13-25(3,4)5)15(2)29-20(21)11-12-26-22;1-10-4-6-13(7-5-10)14-8-11(2)12(3)9-15-14;/h8,11,15-17,19,21-22,24H,6-7,9-10,12-13H2,1-5H3;8,10-12H,4-6,9H2,1-3H3;/q2*-2;/t15-,16?,17?,19?,21?,22+,24?;10-,11+,12-;/m11./s1/i1D3,13D2;;. The van der Waals surface area contributed by atoms with Crippen LogP contribution in [-0.2, 0) is 24.8 Å². The van der Waals surface area contributed by atoms with Crippen LogP contribution in [0.25, 0.3) is 10.6 Å². The first-order valence-corrected chi connectivity index (χ1v) is 18.2. The van der Waals surface area contributed by atoms with Crippen LogP contribution >= 0.6 is 11.8 Å². The van der Waals surface area contributed by atoms with Gasteiger partial charge in [-0.15, -0.1) is 43.7 Å². The van der Waals surface area contributed by atoms with Gasteiger partial charge in [0.05, 0.1) is 0 Å². The quantitative estimate of drug-likeness (QED) is 0.267. The second-order valence-electron chi connectivity index (χ2n) is 15.4. The molecule has 2 fully saturated rings. The second kappa shape index (κ2) is 14.7. The van der Waals surface area contributed by atoms with Gasteiger partial charge < -0.3 is 21.1 Å². The fourth-order valence-electron chi connectivity index (χ4n) is 8.01. The molecule has 0 saturated carbocycles. The fraction of sp³-hybridized carbons (Fsp3) is 0.744. The molecular weight excluding hydrogens is 751 g/mol. The topological polar surface area (TPSA) is 49.8 Å². The second-order valence-corrected chi connectivity index (χ2v) is 16.9. The van der Waals surface area contributed by atoms with E-state index in [-0.39, 0.29) is 60.8 Å². The van der Waals surface area contributed by atoms with Gasteiger partial charge in [0.25, 0.3) is 0 Å². The Morgan fingerprint density at radius 1 is 1.18 bits per heavy atom. The SMILES string of the molecule is C[C@H]1C[C-]=C(C2=C[C@H](C)[C@H](C)C[N-]2)CC1.[2H]C([2H])([2H])C1=NC2OC3=C([C@@H]4[N-]CC=C5S[C@H](C)C(C([2H])([2H])C(C)(C)C)C54)[CH-]CCC3C2CC1.[Ir]. The summed E-state index contributed by atoms with van der Waals surface area (Å²) >= 11 is 1.82. The number of hydrogen-bond donors (Lipinski definition) is 0. The molecule has 5 aliphatic heterocycles. The molecule has 6 heteroatoms. The van der Waals surface area contributed by atoms with Crippen LogP contribution in [0.1, 0.15) is 113 Å². The van der Waals surface area contributed by atoms with E-state index in [9.17, 15) is 0 Å². The molecule has 7 aliphatic rings. The van der Waals surface area contributed by atoms with Crippen molar-refractivity contribution in [2.75, 3.05) is 13.1 Å². The summed E-state index contributed by atoms with van der Waals surface area (Å²) in [5, 5.41) is 9.90. The Morgan fingerprint density at radius 2 is 2.00 bits per heavy atom. The van der Waals surface area contributed by atoms with Crippen LogP contribution in [0.5, 0.6) is 0 Å². The summed E-state index contributed by atoms with van der Waals surface area (Å²) in [5.74, 6) is 3.47. The minimum absolute atomic E-state index is 0. The maximum absolute atomic E-state index is 9.15. The Bertz CT molecular complexity index is 1410. The Labute approximate surface area is 300 Å². The Morgan fingerprint density at radius 3 is 2.71 bits per heavy atom. The molecule has 0 aromatic rings. The predicted molar refractivity (Wildman–Crippen MR) is 187 cm³/mol. The predicted octanol–water partition coefficient (Wildman–Crippen LogP) is 10.6. The zero-order chi connectivity index (χ0) is 35.5. The number of hydrogen-bond acceptors (Lipinski definition) is 3. The van der Waals surface area contributed by atoms with Crippen molar-refractivity contribution in [1.29, 1.82) is 0 Å². The van der Waals surface area contributed by atoms with Crippen molar-refractivity contribution in [2.45, 2.75) is 124 Å². The van der Waals surface area contributed by atoms with Gasteiger partial charge in [-0.2, -0.15) is 11.6 Å². The molecule has 0 bridgehead atoms. The molecule has 253 valence electrons. The van der Waals surface area contributed by atoms with Gasteiger partial charge in [-0.25, -0.2) is 12.0 Å². The summed E-state index contributed by atoms with van der Waals surface area (Å²) in [5.41, 5.74) is 3.53. The van der Waals surface area contributed by atoms with Gasteiger partial charge in [0.2, 0.25) is 0 Å². The van der Waals surface area contributed by atoms with E-state index in [2.05, 4.69) is 62.7 Å². The van der Waals surface area contributed by atoms with Crippen LogP contribution in [0.3, 0.4) is 0 Å². The molecule has 1 radical (unpaired) electrons. The molecule has 0 aromatic carbocycles. The van der Waals surface area contributed by atoms with E-state index >= 15 is 0 Å². The first kappa shape index (κ1) is 29.0. The van der Waals surface area contributed by atoms with E-state index in [1.807, 2.05) is 32.5 Å². The summed E-state index contributed by atoms with van der Waals surface area (Å²) < 4.78 is 48.1. The molecular formula is C39H57IrN3OS-4. The van der Waals surface area contributed by atoms with Crippen molar-refractivity contribution in [1.82, 2.24) is 0 Å². The van der Waals surface area contributed by atoms with Crippen molar-refractivity contribution in [3.63, 3.8) is 0 Å². The third-order valence-corrected chi connectivity index (χ3v) is 12.1. The maximum atomic E-state index is 9.15. The van der Waals surface area contributed by atoms with Crippen LogP contribution in [0.4, 0.5) is 0 Å². The number of aliphatic imine (C=N–C) groups is 1. The smallest absolute Gasteiger partial charge is 0.171 e. The van der Waals surface area contributed by atoms with Gasteiger partial charge >= 0.3 is 0 Å². The minimum Gasteiger partial charge on any atom is -0.769 e. The van der Waals surface area contributed by atoms with Crippen molar-refractivity contribution >= 4 is 17.5 Å². The van der Waals surface area contributed by atoms with Gasteiger partial charge in [0.1, 0.15) is 0 Å². The summed E-state index contributed by atoms with van der Waals surface area (Å²) in [6.07, 6.45) is 15.4. The van der Waals surface area contributed by atoms with E-state index in [4.69, 9.17) is 16.9 Å². The van der Waals surface area contributed by atoms with Crippen molar-refractivity contribution in [2.24, 2.45) is 51.8 Å². The molecule has 2 saturated heterocycles. The summed E-state index contributed by atoms with van der Waals surface area (Å²) in [6, 6.07) is -0.121. The van der Waals surface area contributed by atoms with Crippen LogP contribution < -0.4 is 0 Å². The van der Waals surface area contributed by atoms with Gasteiger partial charge in [-0.3, -0.25) is 11.1 Å². The molecule has 0 amide bonds. The number of thioether (sulfide) groups is 1. The van der Waals surface area contributed by atoms with E-state index in [1.165, 1.54) is 29.0 Å². The van der Waals surface area contributed by atoms with E-state index < -0.39 is 24.9 Å². The number of fused-ring (bicyclic) bond motifs is 4. The molecule has 0 N–H and O–H groups in total. The van der Waals surface area contributed by atoms with Crippen molar-refractivity contribution < 1.29 is 31.7 Å². The molecule has 0 aromatic heterocycles. The molecule has 0 spiro atoms. The zero-order valence-corrected chi connectivity index (χ0v) is 31.6. The summed E-state index contributed by atoms with van der Waals surface area (Å²) in [4.78, 5) is 5.83.